The Morgan fingerprint density at radius 3 is 2.60 bits per heavy atom. The van der Waals surface area contributed by atoms with Gasteiger partial charge in [0.15, 0.2) is 5.82 Å². The summed E-state index contributed by atoms with van der Waals surface area (Å²) in [5.41, 5.74) is 7.97. The lowest BCUT2D eigenvalue weighted by atomic mass is 10.0. The molecular weight excluding hydrogens is 254 g/mol. The topological polar surface area (TPSA) is 70.3 Å². The summed E-state index contributed by atoms with van der Waals surface area (Å²) in [7, 11) is 1.51. The molecule has 0 bridgehead atoms. The van der Waals surface area contributed by atoms with Crippen LogP contribution in [0.15, 0.2) is 24.5 Å². The third kappa shape index (κ3) is 2.82. The molecule has 2 aromatic rings. The summed E-state index contributed by atoms with van der Waals surface area (Å²) in [6.45, 7) is 6.26. The van der Waals surface area contributed by atoms with Gasteiger partial charge in [-0.25, -0.2) is 4.98 Å². The van der Waals surface area contributed by atoms with Crippen molar-refractivity contribution >= 4 is 5.82 Å². The van der Waals surface area contributed by atoms with E-state index in [0.717, 1.165) is 11.3 Å². The predicted octanol–water partition coefficient (Wildman–Crippen LogP) is 3.29. The molecule has 0 aliphatic heterocycles. The first kappa shape index (κ1) is 14.1. The van der Waals surface area contributed by atoms with Crippen LogP contribution in [0.3, 0.4) is 0 Å². The van der Waals surface area contributed by atoms with E-state index < -0.39 is 0 Å². The lowest BCUT2D eigenvalue weighted by molar-refractivity contribution is 0.368. The molecule has 0 saturated heterocycles. The highest BCUT2D eigenvalue weighted by molar-refractivity contribution is 5.53. The summed E-state index contributed by atoms with van der Waals surface area (Å²) in [5.74, 6) is 2.10. The second kappa shape index (κ2) is 5.77. The zero-order valence-electron chi connectivity index (χ0n) is 12.2. The second-order valence-corrected chi connectivity index (χ2v) is 4.88. The molecule has 0 radical (unpaired) electrons. The van der Waals surface area contributed by atoms with Gasteiger partial charge in [-0.15, -0.1) is 0 Å². The van der Waals surface area contributed by atoms with Gasteiger partial charge in [0, 0.05) is 0 Å². The SMILES string of the molecule is COc1c(N)ncnc1Oc1cc(C(C)C)ccc1C. The van der Waals surface area contributed by atoms with Gasteiger partial charge in [0.25, 0.3) is 5.88 Å². The molecule has 5 heteroatoms. The van der Waals surface area contributed by atoms with Crippen molar-refractivity contribution in [3.63, 3.8) is 0 Å². The molecule has 0 unspecified atom stereocenters. The fraction of sp³-hybridized carbons (Fsp3) is 0.333. The van der Waals surface area contributed by atoms with Gasteiger partial charge in [0.2, 0.25) is 5.75 Å². The summed E-state index contributed by atoms with van der Waals surface area (Å²) >= 11 is 0. The van der Waals surface area contributed by atoms with Gasteiger partial charge < -0.3 is 15.2 Å². The average Bonchev–Trinajstić information content (AvgIpc) is 2.41. The van der Waals surface area contributed by atoms with E-state index in [1.165, 1.54) is 19.0 Å². The van der Waals surface area contributed by atoms with E-state index in [2.05, 4.69) is 29.9 Å². The highest BCUT2D eigenvalue weighted by Crippen LogP contribution is 2.34. The van der Waals surface area contributed by atoms with Gasteiger partial charge in [0.05, 0.1) is 7.11 Å². The van der Waals surface area contributed by atoms with Crippen molar-refractivity contribution in [2.45, 2.75) is 26.7 Å². The van der Waals surface area contributed by atoms with Crippen LogP contribution in [0.5, 0.6) is 17.4 Å². The van der Waals surface area contributed by atoms with Crippen LogP contribution in [0, 0.1) is 6.92 Å². The van der Waals surface area contributed by atoms with Crippen molar-refractivity contribution in [1.29, 1.82) is 0 Å². The number of rotatable bonds is 4. The Balaban J connectivity index is 2.39. The third-order valence-electron chi connectivity index (χ3n) is 3.09. The van der Waals surface area contributed by atoms with Crippen LogP contribution in [0.25, 0.3) is 0 Å². The summed E-state index contributed by atoms with van der Waals surface area (Å²) in [6.07, 6.45) is 1.36. The van der Waals surface area contributed by atoms with Crippen LogP contribution >= 0.6 is 0 Å². The molecule has 1 heterocycles. The van der Waals surface area contributed by atoms with Crippen molar-refractivity contribution < 1.29 is 9.47 Å². The van der Waals surface area contributed by atoms with Crippen LogP contribution in [0.2, 0.25) is 0 Å². The van der Waals surface area contributed by atoms with Crippen LogP contribution in [-0.4, -0.2) is 17.1 Å². The number of methoxy groups -OCH3 is 1. The fourth-order valence-corrected chi connectivity index (χ4v) is 1.82. The number of ether oxygens (including phenoxy) is 2. The van der Waals surface area contributed by atoms with E-state index in [4.69, 9.17) is 15.2 Å². The second-order valence-electron chi connectivity index (χ2n) is 4.88. The number of hydrogen-bond donors (Lipinski definition) is 1. The van der Waals surface area contributed by atoms with Crippen LogP contribution in [-0.2, 0) is 0 Å². The third-order valence-corrected chi connectivity index (χ3v) is 3.09. The van der Waals surface area contributed by atoms with E-state index in [-0.39, 0.29) is 5.82 Å². The molecule has 0 amide bonds. The van der Waals surface area contributed by atoms with Crippen molar-refractivity contribution in [3.05, 3.63) is 35.7 Å². The maximum absolute atomic E-state index is 5.85. The first-order valence-electron chi connectivity index (χ1n) is 6.45. The molecule has 1 aromatic carbocycles. The average molecular weight is 273 g/mol. The van der Waals surface area contributed by atoms with Gasteiger partial charge in [-0.05, 0) is 30.0 Å². The predicted molar refractivity (Wildman–Crippen MR) is 78.3 cm³/mol. The number of benzene rings is 1. The smallest absolute Gasteiger partial charge is 0.268 e. The van der Waals surface area contributed by atoms with Crippen LogP contribution < -0.4 is 15.2 Å². The van der Waals surface area contributed by atoms with Gasteiger partial charge >= 0.3 is 0 Å². The molecule has 20 heavy (non-hydrogen) atoms. The minimum atomic E-state index is 0.259. The standard InChI is InChI=1S/C15H19N3O2/c1-9(2)11-6-5-10(3)12(7-11)20-15-13(19-4)14(16)17-8-18-15/h5-9H,1-4H3,(H2,16,17,18). The zero-order chi connectivity index (χ0) is 14.7. The number of aryl methyl sites for hydroxylation is 1. The maximum Gasteiger partial charge on any atom is 0.268 e. The van der Waals surface area contributed by atoms with Gasteiger partial charge in [-0.1, -0.05) is 26.0 Å². The normalized spacial score (nSPS) is 10.7. The highest BCUT2D eigenvalue weighted by atomic mass is 16.5. The monoisotopic (exact) mass is 273 g/mol. The summed E-state index contributed by atoms with van der Waals surface area (Å²) < 4.78 is 11.0. The minimum absolute atomic E-state index is 0.259. The Hall–Kier alpha value is -2.30. The molecular formula is C15H19N3O2. The zero-order valence-corrected chi connectivity index (χ0v) is 12.2. The molecule has 2 N–H and O–H groups in total. The largest absolute Gasteiger partial charge is 0.489 e. The van der Waals surface area contributed by atoms with Gasteiger partial charge in [-0.3, -0.25) is 0 Å². The first-order valence-corrected chi connectivity index (χ1v) is 6.45. The lowest BCUT2D eigenvalue weighted by Gasteiger charge is -2.14. The number of nitrogens with two attached hydrogens (primary N) is 1. The van der Waals surface area contributed by atoms with E-state index in [9.17, 15) is 0 Å². The molecule has 5 nitrogen and oxygen atoms in total. The molecule has 1 aromatic heterocycles. The first-order chi connectivity index (χ1) is 9.52. The van der Waals surface area contributed by atoms with E-state index in [0.29, 0.717) is 17.5 Å². The minimum Gasteiger partial charge on any atom is -0.489 e. The molecule has 0 aliphatic rings. The fourth-order valence-electron chi connectivity index (χ4n) is 1.82. The maximum atomic E-state index is 5.85. The summed E-state index contributed by atoms with van der Waals surface area (Å²) in [6, 6.07) is 6.14. The Morgan fingerprint density at radius 2 is 1.95 bits per heavy atom. The molecule has 0 saturated carbocycles. The summed E-state index contributed by atoms with van der Waals surface area (Å²) in [5, 5.41) is 0. The molecule has 0 aliphatic carbocycles. The molecule has 0 fully saturated rings. The molecule has 106 valence electrons. The Bertz CT molecular complexity index is 612. The van der Waals surface area contributed by atoms with E-state index in [1.807, 2.05) is 19.1 Å². The van der Waals surface area contributed by atoms with Crippen LogP contribution in [0.4, 0.5) is 5.82 Å². The van der Waals surface area contributed by atoms with Crippen molar-refractivity contribution in [2.75, 3.05) is 12.8 Å². The Labute approximate surface area is 118 Å². The molecule has 2 rings (SSSR count). The number of aromatic nitrogens is 2. The molecule has 0 atom stereocenters. The van der Waals surface area contributed by atoms with Crippen LogP contribution in [0.1, 0.15) is 30.9 Å². The van der Waals surface area contributed by atoms with Gasteiger partial charge in [-0.2, -0.15) is 4.98 Å². The van der Waals surface area contributed by atoms with E-state index in [1.54, 1.807) is 0 Å². The Morgan fingerprint density at radius 1 is 1.20 bits per heavy atom. The van der Waals surface area contributed by atoms with Crippen molar-refractivity contribution in [2.24, 2.45) is 0 Å². The van der Waals surface area contributed by atoms with Crippen molar-refractivity contribution in [1.82, 2.24) is 9.97 Å². The number of nitrogen functional groups attached to an aromatic ring is 1. The number of anilines is 1. The highest BCUT2D eigenvalue weighted by Gasteiger charge is 2.13. The van der Waals surface area contributed by atoms with Gasteiger partial charge in [0.1, 0.15) is 12.1 Å². The van der Waals surface area contributed by atoms with E-state index >= 15 is 0 Å². The Kier molecular flexibility index (Phi) is 4.08. The van der Waals surface area contributed by atoms with Crippen molar-refractivity contribution in [3.8, 4) is 17.4 Å². The number of hydrogen-bond acceptors (Lipinski definition) is 5. The summed E-state index contributed by atoms with van der Waals surface area (Å²) in [4.78, 5) is 7.97. The quantitative estimate of drug-likeness (QED) is 0.925. The number of nitrogens with zero attached hydrogens (tertiary/aromatic N) is 2. The molecule has 0 spiro atoms. The lowest BCUT2D eigenvalue weighted by Crippen LogP contribution is -2.01.